The lowest BCUT2D eigenvalue weighted by Crippen LogP contribution is -2.22. The Kier molecular flexibility index (Phi) is 14.1. The average Bonchev–Trinajstić information content (AvgIpc) is 3.01. The minimum atomic E-state index is -0.787. The van der Waals surface area contributed by atoms with Crippen molar-refractivity contribution in [2.75, 3.05) is 23.9 Å². The maximum Gasteiger partial charge on any atom is 0.360 e. The highest BCUT2D eigenvalue weighted by Gasteiger charge is 2.20. The summed E-state index contributed by atoms with van der Waals surface area (Å²) in [6.45, 7) is 5.79. The summed E-state index contributed by atoms with van der Waals surface area (Å²) in [5, 5.41) is 15.6. The molecule has 220 valence electrons. The Morgan fingerprint density at radius 3 is 1.98 bits per heavy atom. The highest BCUT2D eigenvalue weighted by Crippen LogP contribution is 2.29. The second-order valence-corrected chi connectivity index (χ2v) is 9.56. The molecule has 0 unspecified atom stereocenters. The van der Waals surface area contributed by atoms with Crippen LogP contribution in [0.1, 0.15) is 28.5 Å². The molecule has 1 aromatic heterocycles. The topological polar surface area (TPSA) is 131 Å². The fourth-order valence-corrected chi connectivity index (χ4v) is 3.66. The van der Waals surface area contributed by atoms with Crippen molar-refractivity contribution in [1.82, 2.24) is 15.3 Å². The van der Waals surface area contributed by atoms with Crippen LogP contribution in [0.3, 0.4) is 0 Å². The second kappa shape index (κ2) is 17.2. The first-order valence-electron chi connectivity index (χ1n) is 12.1. The number of nitrogens with zero attached hydrogens (tertiary/aromatic N) is 2. The molecule has 0 spiro atoms. The third-order valence-corrected chi connectivity index (χ3v) is 6.38. The van der Waals surface area contributed by atoms with E-state index in [2.05, 4.69) is 57.2 Å². The molecule has 0 atom stereocenters. The van der Waals surface area contributed by atoms with Gasteiger partial charge in [0.25, 0.3) is 0 Å². The van der Waals surface area contributed by atoms with Gasteiger partial charge in [0.2, 0.25) is 11.8 Å². The van der Waals surface area contributed by atoms with Crippen molar-refractivity contribution >= 4 is 83.2 Å². The largest absolute Gasteiger partial charge is 0.507 e. The van der Waals surface area contributed by atoms with E-state index in [1.807, 2.05) is 60.7 Å². The maximum absolute atomic E-state index is 11.5. The predicted octanol–water partition coefficient (Wildman–Crippen LogP) is 6.06. The molecule has 13 heteroatoms. The molecular weight excluding hydrogens is 619 g/mol. The van der Waals surface area contributed by atoms with Gasteiger partial charge in [0.05, 0.1) is 18.6 Å². The number of aliphatic hydroxyl groups excluding tert-OH is 1. The van der Waals surface area contributed by atoms with E-state index >= 15 is 0 Å². The molecule has 0 aliphatic carbocycles. The van der Waals surface area contributed by atoms with E-state index in [0.717, 1.165) is 18.2 Å². The SMILES string of the molecule is C=C(/C(O)=C(\C=C(/C)NC(=O)CS)c1ccccc1)c1ccccc1.COC(=O)c1nc(Cl)c(Cl)nc1NC(=O)CS. The van der Waals surface area contributed by atoms with Crippen molar-refractivity contribution in [3.8, 4) is 0 Å². The molecule has 0 bridgehead atoms. The van der Waals surface area contributed by atoms with Gasteiger partial charge >= 0.3 is 5.97 Å². The number of anilines is 1. The summed E-state index contributed by atoms with van der Waals surface area (Å²) < 4.78 is 4.47. The Morgan fingerprint density at radius 2 is 1.45 bits per heavy atom. The van der Waals surface area contributed by atoms with Gasteiger partial charge in [-0.15, -0.1) is 0 Å². The van der Waals surface area contributed by atoms with E-state index < -0.39 is 11.9 Å². The first-order valence-corrected chi connectivity index (χ1v) is 14.1. The lowest BCUT2D eigenvalue weighted by Gasteiger charge is -2.12. The first kappa shape index (κ1) is 34.4. The standard InChI is InChI=1S/C21H21NO2S.C8H7Cl2N3O3S/c1-15(22-20(23)14-25)13-19(18-11-7-4-8-12-18)21(24)16(2)17-9-5-3-6-10-17;1-16-8(15)4-7(11-3(14)2-17)13-6(10)5(9)12-4/h3-13,24-25H,2,14H2,1H3,(H,22,23);17H,2H2,1H3,(H,11,13,14)/b15-13+,21-19-;. The summed E-state index contributed by atoms with van der Waals surface area (Å²) in [6.07, 6.45) is 1.74. The zero-order valence-corrected chi connectivity index (χ0v) is 25.9. The Labute approximate surface area is 264 Å². The minimum Gasteiger partial charge on any atom is -0.507 e. The smallest absolute Gasteiger partial charge is 0.360 e. The molecule has 1 heterocycles. The van der Waals surface area contributed by atoms with Gasteiger partial charge in [0.15, 0.2) is 21.8 Å². The van der Waals surface area contributed by atoms with E-state index in [1.54, 1.807) is 13.0 Å². The van der Waals surface area contributed by atoms with E-state index in [9.17, 15) is 19.5 Å². The van der Waals surface area contributed by atoms with E-state index in [-0.39, 0.29) is 45.0 Å². The van der Waals surface area contributed by atoms with Crippen LogP contribution >= 0.6 is 48.5 Å². The van der Waals surface area contributed by atoms with Crippen LogP contribution in [-0.4, -0.2) is 51.5 Å². The van der Waals surface area contributed by atoms with Gasteiger partial charge in [-0.1, -0.05) is 90.4 Å². The van der Waals surface area contributed by atoms with Crippen molar-refractivity contribution < 1.29 is 24.2 Å². The maximum atomic E-state index is 11.5. The summed E-state index contributed by atoms with van der Waals surface area (Å²) in [7, 11) is 1.16. The average molecular weight is 648 g/mol. The van der Waals surface area contributed by atoms with Crippen LogP contribution < -0.4 is 10.6 Å². The number of hydrogen-bond acceptors (Lipinski definition) is 9. The fraction of sp³-hybridized carbons (Fsp3) is 0.138. The lowest BCUT2D eigenvalue weighted by atomic mass is 9.97. The van der Waals surface area contributed by atoms with Gasteiger partial charge in [-0.25, -0.2) is 14.8 Å². The van der Waals surface area contributed by atoms with E-state index in [0.29, 0.717) is 16.8 Å². The van der Waals surface area contributed by atoms with Gasteiger partial charge in [-0.2, -0.15) is 25.3 Å². The molecule has 0 radical (unpaired) electrons. The Hall–Kier alpha value is -3.77. The first-order chi connectivity index (χ1) is 20.0. The molecular formula is C29H28Cl2N4O5S2. The molecule has 9 nitrogen and oxygen atoms in total. The second-order valence-electron chi connectivity index (χ2n) is 8.21. The van der Waals surface area contributed by atoms with E-state index in [1.165, 1.54) is 0 Å². The van der Waals surface area contributed by atoms with Crippen LogP contribution in [0, 0.1) is 0 Å². The number of amides is 2. The summed E-state index contributed by atoms with van der Waals surface area (Å²) in [6, 6.07) is 19.0. The number of aliphatic hydroxyl groups is 1. The number of rotatable bonds is 9. The van der Waals surface area contributed by atoms with Crippen LogP contribution in [-0.2, 0) is 14.3 Å². The zero-order chi connectivity index (χ0) is 31.2. The number of allylic oxidation sites excluding steroid dienone is 4. The molecule has 3 rings (SSSR count). The number of carbonyl (C=O) groups excluding carboxylic acids is 3. The molecule has 2 amide bonds. The van der Waals surface area contributed by atoms with Crippen LogP contribution in [0.4, 0.5) is 5.82 Å². The highest BCUT2D eigenvalue weighted by molar-refractivity contribution is 7.81. The summed E-state index contributed by atoms with van der Waals surface area (Å²) >= 11 is 19.0. The molecule has 2 aromatic carbocycles. The van der Waals surface area contributed by atoms with E-state index in [4.69, 9.17) is 23.2 Å². The number of halogens is 2. The van der Waals surface area contributed by atoms with Crippen molar-refractivity contribution in [3.63, 3.8) is 0 Å². The zero-order valence-electron chi connectivity index (χ0n) is 22.6. The third kappa shape index (κ3) is 10.3. The quantitative estimate of drug-likeness (QED) is 0.0827. The van der Waals surface area contributed by atoms with Gasteiger partial charge in [-0.3, -0.25) is 9.59 Å². The fourth-order valence-electron chi connectivity index (χ4n) is 3.25. The Bertz CT molecular complexity index is 1500. The molecule has 0 saturated carbocycles. The van der Waals surface area contributed by atoms with Crippen LogP contribution in [0.25, 0.3) is 11.1 Å². The molecule has 42 heavy (non-hydrogen) atoms. The number of esters is 1. The molecule has 0 saturated heterocycles. The van der Waals surface area contributed by atoms with Crippen LogP contribution in [0.5, 0.6) is 0 Å². The molecule has 0 aliphatic rings. The lowest BCUT2D eigenvalue weighted by molar-refractivity contribution is -0.118. The molecule has 0 fully saturated rings. The monoisotopic (exact) mass is 646 g/mol. The van der Waals surface area contributed by atoms with Gasteiger partial charge < -0.3 is 20.5 Å². The number of thiol groups is 2. The number of methoxy groups -OCH3 is 1. The summed E-state index contributed by atoms with van der Waals surface area (Å²) in [5.41, 5.74) is 3.16. The molecule has 3 aromatic rings. The number of aromatic nitrogens is 2. The molecule has 3 N–H and O–H groups in total. The van der Waals surface area contributed by atoms with Crippen molar-refractivity contribution in [1.29, 1.82) is 0 Å². The third-order valence-electron chi connectivity index (χ3n) is 5.18. The Balaban J connectivity index is 0.000000317. The van der Waals surface area contributed by atoms with Crippen molar-refractivity contribution in [3.05, 3.63) is 112 Å². The van der Waals surface area contributed by atoms with Crippen molar-refractivity contribution in [2.45, 2.75) is 6.92 Å². The predicted molar refractivity (Wildman–Crippen MR) is 173 cm³/mol. The summed E-state index contributed by atoms with van der Waals surface area (Å²) in [5.74, 6) is -1.49. The molecule has 0 aliphatic heterocycles. The van der Waals surface area contributed by atoms with Gasteiger partial charge in [0.1, 0.15) is 5.76 Å². The highest BCUT2D eigenvalue weighted by atomic mass is 35.5. The number of benzene rings is 2. The van der Waals surface area contributed by atoms with Crippen LogP contribution in [0.15, 0.2) is 84.8 Å². The summed E-state index contributed by atoms with van der Waals surface area (Å²) in [4.78, 5) is 41.5. The van der Waals surface area contributed by atoms with Crippen molar-refractivity contribution in [2.24, 2.45) is 0 Å². The van der Waals surface area contributed by atoms with Gasteiger partial charge in [-0.05, 0) is 24.1 Å². The Morgan fingerprint density at radius 1 is 0.929 bits per heavy atom. The number of hydrogen-bond donors (Lipinski definition) is 5. The van der Waals surface area contributed by atoms with Gasteiger partial charge in [0, 0.05) is 16.8 Å². The number of ether oxygens (including phenoxy) is 1. The normalized spacial score (nSPS) is 11.3. The van der Waals surface area contributed by atoms with Crippen LogP contribution in [0.2, 0.25) is 10.3 Å². The number of nitrogens with one attached hydrogen (secondary N) is 2. The number of carbonyl (C=O) groups is 3. The minimum absolute atomic E-state index is 0.0665.